The van der Waals surface area contributed by atoms with Crippen molar-refractivity contribution in [3.8, 4) is 0 Å². The molecule has 2 N–H and O–H groups in total. The normalized spacial score (nSPS) is 13.1. The van der Waals surface area contributed by atoms with E-state index >= 15 is 0 Å². The number of fused-ring (bicyclic) bond motifs is 1. The Bertz CT molecular complexity index is 1420. The van der Waals surface area contributed by atoms with Crippen LogP contribution in [0.25, 0.3) is 11.0 Å². The molecule has 1 saturated carbocycles. The zero-order valence-electron chi connectivity index (χ0n) is 20.7. The van der Waals surface area contributed by atoms with Crippen LogP contribution in [0.5, 0.6) is 0 Å². The molecule has 5 rings (SSSR count). The lowest BCUT2D eigenvalue weighted by atomic mass is 10.2. The Balaban J connectivity index is 1.57. The second kappa shape index (κ2) is 9.85. The van der Waals surface area contributed by atoms with Crippen LogP contribution >= 0.6 is 0 Å². The molecule has 9 heteroatoms. The molecule has 9 nitrogen and oxygen atoms in total. The van der Waals surface area contributed by atoms with Crippen molar-refractivity contribution in [2.24, 2.45) is 5.92 Å². The summed E-state index contributed by atoms with van der Waals surface area (Å²) in [6.45, 7) is 5.84. The first-order chi connectivity index (χ1) is 17.5. The number of aromatic nitrogens is 4. The van der Waals surface area contributed by atoms with Gasteiger partial charge in [-0.3, -0.25) is 9.48 Å². The van der Waals surface area contributed by atoms with Gasteiger partial charge in [-0.1, -0.05) is 30.3 Å². The third-order valence-electron chi connectivity index (χ3n) is 6.51. The summed E-state index contributed by atoms with van der Waals surface area (Å²) in [5.74, 6) is -0.623. The van der Waals surface area contributed by atoms with Crippen LogP contribution < -0.4 is 10.6 Å². The number of hydrogen-bond acceptors (Lipinski definition) is 6. The number of aryl methyl sites for hydroxylation is 2. The number of amides is 1. The summed E-state index contributed by atoms with van der Waals surface area (Å²) in [6, 6.07) is 11.8. The second-order valence-electron chi connectivity index (χ2n) is 9.09. The highest BCUT2D eigenvalue weighted by Crippen LogP contribution is 2.36. The molecule has 0 bridgehead atoms. The van der Waals surface area contributed by atoms with E-state index in [9.17, 15) is 9.59 Å². The van der Waals surface area contributed by atoms with Crippen molar-refractivity contribution in [2.75, 3.05) is 17.7 Å². The van der Waals surface area contributed by atoms with Gasteiger partial charge in [-0.05, 0) is 38.3 Å². The van der Waals surface area contributed by atoms with Gasteiger partial charge in [0.1, 0.15) is 5.65 Å². The SMILES string of the molecule is CCn1cc(CNc2cnc3c(c2)c(NC(=O)C2CC2)c(C(=O)OC)n3Cc2ccccc2)c(C)n1. The molecule has 1 amide bonds. The summed E-state index contributed by atoms with van der Waals surface area (Å²) in [7, 11) is 1.35. The van der Waals surface area contributed by atoms with Crippen LogP contribution in [0.2, 0.25) is 0 Å². The predicted molar refractivity (Wildman–Crippen MR) is 138 cm³/mol. The molecule has 0 radical (unpaired) electrons. The van der Waals surface area contributed by atoms with Gasteiger partial charge in [0.25, 0.3) is 0 Å². The van der Waals surface area contributed by atoms with Gasteiger partial charge >= 0.3 is 5.97 Å². The molecule has 3 aromatic heterocycles. The Morgan fingerprint density at radius 1 is 1.19 bits per heavy atom. The first kappa shape index (κ1) is 23.6. The Morgan fingerprint density at radius 3 is 2.64 bits per heavy atom. The lowest BCUT2D eigenvalue weighted by Crippen LogP contribution is -2.18. The van der Waals surface area contributed by atoms with Gasteiger partial charge in [0, 0.05) is 42.7 Å². The van der Waals surface area contributed by atoms with Crippen LogP contribution in [0, 0.1) is 12.8 Å². The fourth-order valence-electron chi connectivity index (χ4n) is 4.34. The highest BCUT2D eigenvalue weighted by atomic mass is 16.5. The lowest BCUT2D eigenvalue weighted by Gasteiger charge is -2.11. The molecule has 186 valence electrons. The lowest BCUT2D eigenvalue weighted by molar-refractivity contribution is -0.117. The molecule has 0 aliphatic heterocycles. The van der Waals surface area contributed by atoms with Gasteiger partial charge in [-0.25, -0.2) is 9.78 Å². The van der Waals surface area contributed by atoms with Gasteiger partial charge in [0.2, 0.25) is 5.91 Å². The highest BCUT2D eigenvalue weighted by molar-refractivity contribution is 6.11. The van der Waals surface area contributed by atoms with Crippen molar-refractivity contribution < 1.29 is 14.3 Å². The van der Waals surface area contributed by atoms with Crippen molar-refractivity contribution >= 4 is 34.3 Å². The van der Waals surface area contributed by atoms with Crippen molar-refractivity contribution in [2.45, 2.75) is 46.3 Å². The van der Waals surface area contributed by atoms with Gasteiger partial charge in [0.15, 0.2) is 5.69 Å². The number of esters is 1. The van der Waals surface area contributed by atoms with Crippen molar-refractivity contribution in [1.82, 2.24) is 19.3 Å². The highest BCUT2D eigenvalue weighted by Gasteiger charge is 2.33. The van der Waals surface area contributed by atoms with E-state index in [1.807, 2.05) is 58.8 Å². The Hall–Kier alpha value is -4.14. The maximum atomic E-state index is 13.0. The van der Waals surface area contributed by atoms with Crippen LogP contribution in [-0.2, 0) is 29.2 Å². The van der Waals surface area contributed by atoms with Crippen LogP contribution in [0.1, 0.15) is 47.1 Å². The smallest absolute Gasteiger partial charge is 0.356 e. The molecular formula is C27H30N6O3. The second-order valence-corrected chi connectivity index (χ2v) is 9.09. The third-order valence-corrected chi connectivity index (χ3v) is 6.51. The van der Waals surface area contributed by atoms with Crippen molar-refractivity contribution in [3.63, 3.8) is 0 Å². The minimum Gasteiger partial charge on any atom is -0.464 e. The van der Waals surface area contributed by atoms with E-state index in [0.29, 0.717) is 29.8 Å². The summed E-state index contributed by atoms with van der Waals surface area (Å²) in [5, 5.41) is 11.6. The molecule has 0 spiro atoms. The topological polar surface area (TPSA) is 103 Å². The molecule has 36 heavy (non-hydrogen) atoms. The zero-order chi connectivity index (χ0) is 25.2. The number of rotatable bonds is 9. The van der Waals surface area contributed by atoms with Gasteiger partial charge in [-0.2, -0.15) is 5.10 Å². The number of carbonyl (C=O) groups excluding carboxylic acids is 2. The number of ether oxygens (including phenoxy) is 1. The Morgan fingerprint density at radius 2 is 1.97 bits per heavy atom. The summed E-state index contributed by atoms with van der Waals surface area (Å²) in [4.78, 5) is 30.5. The largest absolute Gasteiger partial charge is 0.464 e. The maximum Gasteiger partial charge on any atom is 0.356 e. The molecule has 1 aliphatic carbocycles. The molecule has 1 aliphatic rings. The number of nitrogens with one attached hydrogen (secondary N) is 2. The molecule has 1 fully saturated rings. The van der Waals surface area contributed by atoms with E-state index in [1.54, 1.807) is 6.20 Å². The Labute approximate surface area is 209 Å². The first-order valence-corrected chi connectivity index (χ1v) is 12.2. The minimum atomic E-state index is -0.521. The number of carbonyl (C=O) groups is 2. The minimum absolute atomic E-state index is 0.0182. The molecule has 4 aromatic rings. The van der Waals surface area contributed by atoms with Crippen molar-refractivity contribution in [1.29, 1.82) is 0 Å². The van der Waals surface area contributed by atoms with Crippen LogP contribution in [0.4, 0.5) is 11.4 Å². The average Bonchev–Trinajstić information content (AvgIpc) is 3.63. The fourth-order valence-corrected chi connectivity index (χ4v) is 4.34. The first-order valence-electron chi connectivity index (χ1n) is 12.2. The van der Waals surface area contributed by atoms with Gasteiger partial charge in [-0.15, -0.1) is 0 Å². The van der Waals surface area contributed by atoms with E-state index in [2.05, 4.69) is 22.7 Å². The summed E-state index contributed by atoms with van der Waals surface area (Å²) in [5.41, 5.74) is 5.18. The van der Waals surface area contributed by atoms with E-state index in [1.165, 1.54) is 7.11 Å². The quantitative estimate of drug-likeness (QED) is 0.341. The standard InChI is InChI=1S/C27H30N6O3/c1-4-32-16-20(17(2)31-32)13-28-21-12-22-23(30-26(34)19-10-11-19)24(27(35)36-3)33(25(22)29-14-21)15-18-8-6-5-7-9-18/h5-9,12,14,16,19,28H,4,10-11,13,15H2,1-3H3,(H,30,34). The summed E-state index contributed by atoms with van der Waals surface area (Å²) < 4.78 is 8.87. The number of anilines is 2. The third kappa shape index (κ3) is 4.68. The summed E-state index contributed by atoms with van der Waals surface area (Å²) in [6.07, 6.45) is 5.49. The van der Waals surface area contributed by atoms with E-state index in [4.69, 9.17) is 9.72 Å². The molecule has 0 unspecified atom stereocenters. The molecule has 3 heterocycles. The van der Waals surface area contributed by atoms with Crippen molar-refractivity contribution in [3.05, 3.63) is 71.3 Å². The number of pyridine rings is 1. The maximum absolute atomic E-state index is 13.0. The Kier molecular flexibility index (Phi) is 6.45. The van der Waals surface area contributed by atoms with E-state index in [0.717, 1.165) is 41.9 Å². The van der Waals surface area contributed by atoms with E-state index < -0.39 is 5.97 Å². The molecule has 0 saturated heterocycles. The average molecular weight is 487 g/mol. The predicted octanol–water partition coefficient (Wildman–Crippen LogP) is 4.36. The number of benzene rings is 1. The van der Waals surface area contributed by atoms with Crippen LogP contribution in [-0.4, -0.2) is 38.3 Å². The number of hydrogen-bond donors (Lipinski definition) is 2. The number of methoxy groups -OCH3 is 1. The zero-order valence-corrected chi connectivity index (χ0v) is 20.7. The summed E-state index contributed by atoms with van der Waals surface area (Å²) >= 11 is 0. The van der Waals surface area contributed by atoms with E-state index in [-0.39, 0.29) is 17.5 Å². The molecule has 1 aromatic carbocycles. The van der Waals surface area contributed by atoms with Gasteiger partial charge < -0.3 is 19.9 Å². The molecule has 0 atom stereocenters. The monoisotopic (exact) mass is 486 g/mol. The van der Waals surface area contributed by atoms with Crippen LogP contribution in [0.3, 0.4) is 0 Å². The molecular weight excluding hydrogens is 456 g/mol. The van der Waals surface area contributed by atoms with Gasteiger partial charge in [0.05, 0.1) is 30.4 Å². The number of nitrogens with zero attached hydrogens (tertiary/aromatic N) is 4. The fraction of sp³-hybridized carbons (Fsp3) is 0.333. The van der Waals surface area contributed by atoms with Crippen LogP contribution in [0.15, 0.2) is 48.8 Å².